The summed E-state index contributed by atoms with van der Waals surface area (Å²) in [5, 5.41) is 6.47. The van der Waals surface area contributed by atoms with Crippen LogP contribution in [0.15, 0.2) is 23.2 Å². The highest BCUT2D eigenvalue weighted by atomic mass is 19.4. The third kappa shape index (κ3) is 8.51. The van der Waals surface area contributed by atoms with Gasteiger partial charge in [-0.05, 0) is 63.4 Å². The zero-order valence-corrected chi connectivity index (χ0v) is 17.6. The Morgan fingerprint density at radius 3 is 2.59 bits per heavy atom. The van der Waals surface area contributed by atoms with Gasteiger partial charge in [0.1, 0.15) is 5.75 Å². The van der Waals surface area contributed by atoms with Gasteiger partial charge in [-0.1, -0.05) is 19.1 Å². The van der Waals surface area contributed by atoms with E-state index in [0.29, 0.717) is 18.1 Å². The molecule has 1 aromatic rings. The summed E-state index contributed by atoms with van der Waals surface area (Å²) in [5.74, 6) is 1.61. The van der Waals surface area contributed by atoms with Crippen molar-refractivity contribution >= 4 is 5.96 Å². The largest absolute Gasteiger partial charge is 0.484 e. The number of hydrogen-bond acceptors (Lipinski definition) is 3. The highest BCUT2D eigenvalue weighted by molar-refractivity contribution is 5.79. The van der Waals surface area contributed by atoms with Crippen LogP contribution in [0.2, 0.25) is 0 Å². The Labute approximate surface area is 171 Å². The first-order chi connectivity index (χ1) is 13.8. The van der Waals surface area contributed by atoms with E-state index in [0.717, 1.165) is 31.0 Å². The second-order valence-corrected chi connectivity index (χ2v) is 7.53. The summed E-state index contributed by atoms with van der Waals surface area (Å²) in [6.07, 6.45) is -0.822. The maximum atomic E-state index is 12.5. The molecule has 0 aliphatic carbocycles. The number of aryl methyl sites for hydroxylation is 1. The normalized spacial score (nSPS) is 16.7. The highest BCUT2D eigenvalue weighted by Gasteiger charge is 2.28. The molecular weight excluding hydrogens is 381 g/mol. The average Bonchev–Trinajstić information content (AvgIpc) is 2.69. The molecule has 0 saturated carbocycles. The van der Waals surface area contributed by atoms with E-state index in [1.54, 1.807) is 19.2 Å². The van der Waals surface area contributed by atoms with Crippen LogP contribution in [-0.4, -0.2) is 56.9 Å². The SMILES string of the molecule is CCN1CCC(CCNC(=NC)NCc2ccc(C)cc2OCC(F)(F)F)CC1. The molecule has 0 bridgehead atoms. The van der Waals surface area contributed by atoms with Crippen molar-refractivity contribution in [3.63, 3.8) is 0 Å². The van der Waals surface area contributed by atoms with E-state index in [2.05, 4.69) is 27.4 Å². The molecule has 1 heterocycles. The lowest BCUT2D eigenvalue weighted by Crippen LogP contribution is -2.39. The van der Waals surface area contributed by atoms with Gasteiger partial charge in [0.15, 0.2) is 12.6 Å². The van der Waals surface area contributed by atoms with Gasteiger partial charge in [-0.2, -0.15) is 13.2 Å². The van der Waals surface area contributed by atoms with E-state index < -0.39 is 12.8 Å². The van der Waals surface area contributed by atoms with Crippen LogP contribution >= 0.6 is 0 Å². The van der Waals surface area contributed by atoms with Crippen LogP contribution in [0.1, 0.15) is 37.3 Å². The van der Waals surface area contributed by atoms with E-state index in [1.165, 1.54) is 25.9 Å². The summed E-state index contributed by atoms with van der Waals surface area (Å²) in [7, 11) is 1.69. The summed E-state index contributed by atoms with van der Waals surface area (Å²) >= 11 is 0. The summed E-state index contributed by atoms with van der Waals surface area (Å²) in [6, 6.07) is 5.26. The molecule has 1 saturated heterocycles. The van der Waals surface area contributed by atoms with Crippen molar-refractivity contribution in [2.24, 2.45) is 10.9 Å². The van der Waals surface area contributed by atoms with Crippen molar-refractivity contribution in [1.82, 2.24) is 15.5 Å². The van der Waals surface area contributed by atoms with Crippen LogP contribution in [0.5, 0.6) is 5.75 Å². The van der Waals surface area contributed by atoms with E-state index in [9.17, 15) is 13.2 Å². The average molecular weight is 415 g/mol. The number of halogens is 3. The molecule has 1 fully saturated rings. The van der Waals surface area contributed by atoms with Gasteiger partial charge < -0.3 is 20.3 Å². The number of benzene rings is 1. The molecule has 8 heteroatoms. The fraction of sp³-hybridized carbons (Fsp3) is 0.667. The standard InChI is InChI=1S/C21H33F3N4O/c1-4-28-11-8-17(9-12-28)7-10-26-20(25-3)27-14-18-6-5-16(2)13-19(18)29-15-21(22,23)24/h5-6,13,17H,4,7-12,14-15H2,1-3H3,(H2,25,26,27). The number of nitrogens with one attached hydrogen (secondary N) is 2. The maximum absolute atomic E-state index is 12.5. The van der Waals surface area contributed by atoms with Gasteiger partial charge in [-0.15, -0.1) is 0 Å². The maximum Gasteiger partial charge on any atom is 0.422 e. The molecule has 0 spiro atoms. The molecule has 2 N–H and O–H groups in total. The number of piperidine rings is 1. The van der Waals surface area contributed by atoms with Gasteiger partial charge in [0, 0.05) is 25.7 Å². The summed E-state index contributed by atoms with van der Waals surface area (Å²) in [5.41, 5.74) is 1.51. The number of alkyl halides is 3. The van der Waals surface area contributed by atoms with Gasteiger partial charge in [-0.3, -0.25) is 4.99 Å². The minimum absolute atomic E-state index is 0.243. The second kappa shape index (κ2) is 11.3. The van der Waals surface area contributed by atoms with Crippen LogP contribution in [-0.2, 0) is 6.54 Å². The Bertz CT molecular complexity index is 656. The van der Waals surface area contributed by atoms with E-state index >= 15 is 0 Å². The van der Waals surface area contributed by atoms with Crippen LogP contribution in [0, 0.1) is 12.8 Å². The molecule has 0 unspecified atom stereocenters. The smallest absolute Gasteiger partial charge is 0.422 e. The van der Waals surface area contributed by atoms with Crippen molar-refractivity contribution < 1.29 is 17.9 Å². The fourth-order valence-electron chi connectivity index (χ4n) is 3.49. The molecule has 1 aliphatic heterocycles. The number of ether oxygens (including phenoxy) is 1. The van der Waals surface area contributed by atoms with Crippen LogP contribution in [0.4, 0.5) is 13.2 Å². The van der Waals surface area contributed by atoms with Crippen molar-refractivity contribution in [2.75, 3.05) is 39.8 Å². The number of aliphatic imine (C=N–C) groups is 1. The zero-order chi connectivity index (χ0) is 21.3. The fourth-order valence-corrected chi connectivity index (χ4v) is 3.49. The minimum atomic E-state index is -4.36. The van der Waals surface area contributed by atoms with Crippen molar-refractivity contribution in [2.45, 2.75) is 45.8 Å². The Balaban J connectivity index is 1.80. The third-order valence-corrected chi connectivity index (χ3v) is 5.28. The topological polar surface area (TPSA) is 48.9 Å². The Hall–Kier alpha value is -1.96. The van der Waals surface area contributed by atoms with Gasteiger partial charge in [0.25, 0.3) is 0 Å². The lowest BCUT2D eigenvalue weighted by atomic mass is 9.93. The van der Waals surface area contributed by atoms with E-state index in [1.807, 2.05) is 13.0 Å². The summed E-state index contributed by atoms with van der Waals surface area (Å²) in [6.45, 7) is 7.34. The molecule has 1 aliphatic rings. The molecule has 0 radical (unpaired) electrons. The lowest BCUT2D eigenvalue weighted by molar-refractivity contribution is -0.153. The summed E-state index contributed by atoms with van der Waals surface area (Å²) < 4.78 is 42.5. The van der Waals surface area contributed by atoms with Gasteiger partial charge in [-0.25, -0.2) is 0 Å². The Kier molecular flexibility index (Phi) is 9.07. The first kappa shape index (κ1) is 23.3. The van der Waals surface area contributed by atoms with Crippen LogP contribution < -0.4 is 15.4 Å². The third-order valence-electron chi connectivity index (χ3n) is 5.28. The van der Waals surface area contributed by atoms with Crippen LogP contribution in [0.3, 0.4) is 0 Å². The Morgan fingerprint density at radius 2 is 1.97 bits per heavy atom. The minimum Gasteiger partial charge on any atom is -0.484 e. The number of nitrogens with zero attached hydrogens (tertiary/aromatic N) is 2. The zero-order valence-electron chi connectivity index (χ0n) is 17.6. The van der Waals surface area contributed by atoms with E-state index in [4.69, 9.17) is 4.74 Å². The molecule has 164 valence electrons. The molecule has 0 amide bonds. The number of guanidine groups is 1. The predicted molar refractivity (Wildman–Crippen MR) is 110 cm³/mol. The highest BCUT2D eigenvalue weighted by Crippen LogP contribution is 2.24. The molecule has 29 heavy (non-hydrogen) atoms. The second-order valence-electron chi connectivity index (χ2n) is 7.53. The van der Waals surface area contributed by atoms with Crippen molar-refractivity contribution in [3.8, 4) is 5.75 Å². The molecule has 5 nitrogen and oxygen atoms in total. The molecule has 0 aromatic heterocycles. The number of hydrogen-bond donors (Lipinski definition) is 2. The quantitative estimate of drug-likeness (QED) is 0.503. The summed E-state index contributed by atoms with van der Waals surface area (Å²) in [4.78, 5) is 6.69. The predicted octanol–water partition coefficient (Wildman–Crippen LogP) is 3.72. The number of rotatable bonds is 8. The monoisotopic (exact) mass is 414 g/mol. The first-order valence-corrected chi connectivity index (χ1v) is 10.3. The van der Waals surface area contributed by atoms with Crippen LogP contribution in [0.25, 0.3) is 0 Å². The Morgan fingerprint density at radius 1 is 1.24 bits per heavy atom. The molecular formula is C21H33F3N4O. The number of likely N-dealkylation sites (tertiary alicyclic amines) is 1. The first-order valence-electron chi connectivity index (χ1n) is 10.3. The van der Waals surface area contributed by atoms with Crippen molar-refractivity contribution in [3.05, 3.63) is 29.3 Å². The van der Waals surface area contributed by atoms with E-state index in [-0.39, 0.29) is 5.75 Å². The van der Waals surface area contributed by atoms with Gasteiger partial charge >= 0.3 is 6.18 Å². The molecule has 1 aromatic carbocycles. The molecule has 0 atom stereocenters. The van der Waals surface area contributed by atoms with Gasteiger partial charge in [0.2, 0.25) is 0 Å². The lowest BCUT2D eigenvalue weighted by Gasteiger charge is -2.31. The van der Waals surface area contributed by atoms with Gasteiger partial charge in [0.05, 0.1) is 0 Å². The van der Waals surface area contributed by atoms with Crippen molar-refractivity contribution in [1.29, 1.82) is 0 Å². The molecule has 2 rings (SSSR count).